The van der Waals surface area contributed by atoms with Crippen LogP contribution in [0.5, 0.6) is 0 Å². The zero-order valence-electron chi connectivity index (χ0n) is 11.2. The Morgan fingerprint density at radius 2 is 1.90 bits per heavy atom. The first kappa shape index (κ1) is 13.1. The van der Waals surface area contributed by atoms with Crippen molar-refractivity contribution in [3.63, 3.8) is 0 Å². The first-order valence-corrected chi connectivity index (χ1v) is 6.55. The Morgan fingerprint density at radius 3 is 2.62 bits per heavy atom. The van der Waals surface area contributed by atoms with Crippen LogP contribution in [0.1, 0.15) is 5.69 Å². The van der Waals surface area contributed by atoms with Gasteiger partial charge in [0.1, 0.15) is 5.82 Å². The van der Waals surface area contributed by atoms with Crippen molar-refractivity contribution in [1.29, 1.82) is 5.26 Å². The van der Waals surface area contributed by atoms with Gasteiger partial charge < -0.3 is 0 Å². The van der Waals surface area contributed by atoms with Crippen LogP contribution >= 0.6 is 0 Å². The number of halogens is 1. The van der Waals surface area contributed by atoms with Gasteiger partial charge in [-0.05, 0) is 23.8 Å². The molecule has 0 amide bonds. The van der Waals surface area contributed by atoms with Gasteiger partial charge in [0, 0.05) is 11.8 Å². The molecule has 3 nitrogen and oxygen atoms in total. The molecule has 0 saturated heterocycles. The minimum absolute atomic E-state index is 0.215. The number of hydrogen-bond donors (Lipinski definition) is 0. The van der Waals surface area contributed by atoms with Gasteiger partial charge in [0.15, 0.2) is 0 Å². The van der Waals surface area contributed by atoms with E-state index < -0.39 is 0 Å². The number of rotatable bonds is 3. The van der Waals surface area contributed by atoms with Gasteiger partial charge in [0.05, 0.1) is 23.9 Å². The van der Waals surface area contributed by atoms with E-state index in [-0.39, 0.29) is 12.2 Å². The Labute approximate surface area is 121 Å². The Morgan fingerprint density at radius 1 is 1.10 bits per heavy atom. The highest BCUT2D eigenvalue weighted by atomic mass is 19.1. The fourth-order valence-electron chi connectivity index (χ4n) is 2.22. The van der Waals surface area contributed by atoms with Crippen molar-refractivity contribution in [2.75, 3.05) is 0 Å². The van der Waals surface area contributed by atoms with Crippen LogP contribution in [-0.2, 0) is 6.42 Å². The molecule has 0 spiro atoms. The van der Waals surface area contributed by atoms with Crippen LogP contribution < -0.4 is 0 Å². The fraction of sp³-hybridized carbons (Fsp3) is 0.0588. The van der Waals surface area contributed by atoms with Gasteiger partial charge in [-0.15, -0.1) is 0 Å². The molecule has 102 valence electrons. The molecule has 21 heavy (non-hydrogen) atoms. The second-order valence-electron chi connectivity index (χ2n) is 4.61. The van der Waals surface area contributed by atoms with Crippen LogP contribution in [0.15, 0.2) is 60.8 Å². The van der Waals surface area contributed by atoms with Crippen LogP contribution in [0.4, 0.5) is 4.39 Å². The molecular formula is C17H12FN3. The normalized spacial score (nSPS) is 10.3. The summed E-state index contributed by atoms with van der Waals surface area (Å²) in [4.78, 5) is 0. The van der Waals surface area contributed by atoms with E-state index in [1.807, 2.05) is 36.5 Å². The molecule has 0 saturated carbocycles. The predicted molar refractivity (Wildman–Crippen MR) is 78.3 cm³/mol. The number of nitriles is 1. The van der Waals surface area contributed by atoms with Crippen LogP contribution in [0, 0.1) is 17.1 Å². The molecule has 0 fully saturated rings. The number of hydrogen-bond acceptors (Lipinski definition) is 2. The smallest absolute Gasteiger partial charge is 0.125 e. The Kier molecular flexibility index (Phi) is 3.48. The largest absolute Gasteiger partial charge is 0.240 e. The van der Waals surface area contributed by atoms with Crippen molar-refractivity contribution in [2.24, 2.45) is 0 Å². The molecule has 3 aromatic rings. The molecule has 1 aromatic heterocycles. The molecule has 1 heterocycles. The summed E-state index contributed by atoms with van der Waals surface area (Å²) >= 11 is 0. The van der Waals surface area contributed by atoms with Crippen molar-refractivity contribution in [3.8, 4) is 22.9 Å². The van der Waals surface area contributed by atoms with E-state index in [1.165, 1.54) is 12.1 Å². The molecule has 0 bridgehead atoms. The monoisotopic (exact) mass is 277 g/mol. The second kappa shape index (κ2) is 5.59. The van der Waals surface area contributed by atoms with Crippen molar-refractivity contribution in [1.82, 2.24) is 9.78 Å². The summed E-state index contributed by atoms with van der Waals surface area (Å²) in [5.41, 5.74) is 3.20. The lowest BCUT2D eigenvalue weighted by atomic mass is 10.1. The third-order valence-corrected chi connectivity index (χ3v) is 3.19. The Hall–Kier alpha value is -2.93. The van der Waals surface area contributed by atoms with Gasteiger partial charge in [-0.2, -0.15) is 10.4 Å². The minimum Gasteiger partial charge on any atom is -0.240 e. The summed E-state index contributed by atoms with van der Waals surface area (Å²) in [7, 11) is 0. The molecule has 0 unspecified atom stereocenters. The molecule has 0 aliphatic carbocycles. The zero-order valence-corrected chi connectivity index (χ0v) is 11.2. The molecule has 4 heteroatoms. The molecule has 0 aliphatic heterocycles. The van der Waals surface area contributed by atoms with E-state index in [0.29, 0.717) is 11.4 Å². The topological polar surface area (TPSA) is 41.6 Å². The van der Waals surface area contributed by atoms with Gasteiger partial charge in [0.25, 0.3) is 0 Å². The minimum atomic E-state index is -0.314. The quantitative estimate of drug-likeness (QED) is 0.731. The summed E-state index contributed by atoms with van der Waals surface area (Å²) in [6.45, 7) is 0. The molecule has 0 aliphatic rings. The van der Waals surface area contributed by atoms with Crippen LogP contribution in [0.2, 0.25) is 0 Å². The maximum Gasteiger partial charge on any atom is 0.125 e. The van der Waals surface area contributed by atoms with E-state index in [2.05, 4.69) is 11.2 Å². The maximum atomic E-state index is 13.3. The molecule has 0 atom stereocenters. The lowest BCUT2D eigenvalue weighted by Gasteiger charge is -2.00. The fourth-order valence-corrected chi connectivity index (χ4v) is 2.22. The van der Waals surface area contributed by atoms with Crippen molar-refractivity contribution >= 4 is 0 Å². The molecular weight excluding hydrogens is 265 g/mol. The molecule has 3 rings (SSSR count). The van der Waals surface area contributed by atoms with Crippen LogP contribution in [0.25, 0.3) is 16.8 Å². The lowest BCUT2D eigenvalue weighted by molar-refractivity contribution is 0.625. The van der Waals surface area contributed by atoms with E-state index >= 15 is 0 Å². The first-order valence-electron chi connectivity index (χ1n) is 6.55. The first-order chi connectivity index (χ1) is 10.3. The summed E-state index contributed by atoms with van der Waals surface area (Å²) in [5, 5.41) is 13.4. The number of benzene rings is 2. The van der Waals surface area contributed by atoms with Crippen LogP contribution in [0.3, 0.4) is 0 Å². The lowest BCUT2D eigenvalue weighted by Crippen LogP contribution is -1.96. The third kappa shape index (κ3) is 2.67. The standard InChI is InChI=1S/C17H12FN3/c18-14-7-4-8-15(11-14)21-12-16(17(20-21)9-10-19)13-5-2-1-3-6-13/h1-8,11-12H,9H2. The summed E-state index contributed by atoms with van der Waals surface area (Å²) in [6, 6.07) is 18.1. The predicted octanol–water partition coefficient (Wildman–Crippen LogP) is 3.74. The van der Waals surface area contributed by atoms with Gasteiger partial charge >= 0.3 is 0 Å². The van der Waals surface area contributed by atoms with E-state index in [9.17, 15) is 4.39 Å². The number of aromatic nitrogens is 2. The van der Waals surface area contributed by atoms with Crippen molar-refractivity contribution in [3.05, 3.63) is 72.3 Å². The van der Waals surface area contributed by atoms with Gasteiger partial charge in [-0.3, -0.25) is 0 Å². The van der Waals surface area contributed by atoms with Crippen LogP contribution in [-0.4, -0.2) is 9.78 Å². The van der Waals surface area contributed by atoms with Crippen molar-refractivity contribution < 1.29 is 4.39 Å². The Balaban J connectivity index is 2.11. The highest BCUT2D eigenvalue weighted by Gasteiger charge is 2.11. The molecule has 2 aromatic carbocycles. The van der Waals surface area contributed by atoms with Gasteiger partial charge in [-0.1, -0.05) is 36.4 Å². The van der Waals surface area contributed by atoms with E-state index in [1.54, 1.807) is 16.8 Å². The highest BCUT2D eigenvalue weighted by Crippen LogP contribution is 2.24. The average molecular weight is 277 g/mol. The number of nitrogens with zero attached hydrogens (tertiary/aromatic N) is 3. The second-order valence-corrected chi connectivity index (χ2v) is 4.61. The molecule has 0 N–H and O–H groups in total. The summed E-state index contributed by atoms with van der Waals surface area (Å²) < 4.78 is 14.9. The Bertz CT molecular complexity index is 800. The maximum absolute atomic E-state index is 13.3. The van der Waals surface area contributed by atoms with E-state index in [0.717, 1.165) is 11.1 Å². The van der Waals surface area contributed by atoms with Gasteiger partial charge in [0.2, 0.25) is 0 Å². The van der Waals surface area contributed by atoms with E-state index in [4.69, 9.17) is 5.26 Å². The highest BCUT2D eigenvalue weighted by molar-refractivity contribution is 5.66. The third-order valence-electron chi connectivity index (χ3n) is 3.19. The molecule has 0 radical (unpaired) electrons. The summed E-state index contributed by atoms with van der Waals surface area (Å²) in [5.74, 6) is -0.314. The van der Waals surface area contributed by atoms with Gasteiger partial charge in [-0.25, -0.2) is 9.07 Å². The zero-order chi connectivity index (χ0) is 14.7. The SMILES string of the molecule is N#CCc1nn(-c2cccc(F)c2)cc1-c1ccccc1. The average Bonchev–Trinajstić information content (AvgIpc) is 2.93. The summed E-state index contributed by atoms with van der Waals surface area (Å²) in [6.07, 6.45) is 2.04. The van der Waals surface area contributed by atoms with Crippen molar-refractivity contribution in [2.45, 2.75) is 6.42 Å².